The number of thiazole rings is 1. The molecular formula is C56H57N6O6S2+. The smallest absolute Gasteiger partial charge is 0.356 e. The Morgan fingerprint density at radius 2 is 1.39 bits per heavy atom. The first-order valence-electron chi connectivity index (χ1n) is 24.3. The fourth-order valence-corrected chi connectivity index (χ4v) is 12.3. The van der Waals surface area contributed by atoms with Crippen molar-refractivity contribution in [3.8, 4) is 0 Å². The number of likely N-dealkylation sites (tertiary alicyclic amines) is 1. The van der Waals surface area contributed by atoms with Crippen LogP contribution in [0.5, 0.6) is 0 Å². The zero-order valence-corrected chi connectivity index (χ0v) is 40.8. The summed E-state index contributed by atoms with van der Waals surface area (Å²) in [6, 6.07) is 49.0. The number of hydrogen-bond acceptors (Lipinski definition) is 11. The molecule has 5 aromatic carbocycles. The van der Waals surface area contributed by atoms with E-state index in [0.29, 0.717) is 30.5 Å². The monoisotopic (exact) mass is 973 g/mol. The largest absolute Gasteiger partial charge is 0.448 e. The highest BCUT2D eigenvalue weighted by atomic mass is 32.2. The number of likely N-dealkylation sites (N-methyl/N-ethyl adjacent to an activating group) is 1. The van der Waals surface area contributed by atoms with Gasteiger partial charge in [0, 0.05) is 36.0 Å². The molecule has 14 heteroatoms. The number of fused-ring (bicyclic) bond motifs is 1. The van der Waals surface area contributed by atoms with E-state index < -0.39 is 47.1 Å². The summed E-state index contributed by atoms with van der Waals surface area (Å²) >= 11 is 2.88. The summed E-state index contributed by atoms with van der Waals surface area (Å²) < 4.78 is 13.2. The van der Waals surface area contributed by atoms with Crippen molar-refractivity contribution in [3.63, 3.8) is 0 Å². The van der Waals surface area contributed by atoms with Gasteiger partial charge in [-0.3, -0.25) is 14.5 Å². The van der Waals surface area contributed by atoms with Crippen molar-refractivity contribution in [2.45, 2.75) is 68.4 Å². The minimum absolute atomic E-state index is 0.0943. The topological polar surface area (TPSA) is 131 Å². The van der Waals surface area contributed by atoms with Gasteiger partial charge in [-0.15, -0.1) is 23.1 Å². The summed E-state index contributed by atoms with van der Waals surface area (Å²) in [6.45, 7) is 6.29. The van der Waals surface area contributed by atoms with Crippen molar-refractivity contribution in [1.82, 2.24) is 15.2 Å². The van der Waals surface area contributed by atoms with E-state index >= 15 is 0 Å². The zero-order valence-electron chi connectivity index (χ0n) is 39.2. The molecule has 4 aliphatic heterocycles. The van der Waals surface area contributed by atoms with Crippen LogP contribution in [0.4, 0.5) is 5.13 Å². The second-order valence-electron chi connectivity index (χ2n) is 18.2. The normalized spacial score (nSPS) is 20.1. The van der Waals surface area contributed by atoms with Crippen molar-refractivity contribution in [2.75, 3.05) is 43.9 Å². The minimum atomic E-state index is -0.962. The molecule has 3 fully saturated rings. The van der Waals surface area contributed by atoms with Crippen LogP contribution in [0.25, 0.3) is 0 Å². The maximum absolute atomic E-state index is 14.9. The van der Waals surface area contributed by atoms with E-state index in [1.54, 1.807) is 22.0 Å². The average Bonchev–Trinajstić information content (AvgIpc) is 4.10. The number of β-lactam (4-membered cyclic amide) rings is 1. The lowest BCUT2D eigenvalue weighted by Crippen LogP contribution is -2.71. The first kappa shape index (κ1) is 47.1. The van der Waals surface area contributed by atoms with Gasteiger partial charge in [0.2, 0.25) is 6.29 Å². The third kappa shape index (κ3) is 9.65. The molecule has 1 aromatic heterocycles. The lowest BCUT2D eigenvalue weighted by molar-refractivity contribution is -0.910. The van der Waals surface area contributed by atoms with Crippen LogP contribution in [0.15, 0.2) is 173 Å². The number of amides is 2. The number of thioether (sulfide) groups is 1. The van der Waals surface area contributed by atoms with Crippen LogP contribution in [-0.4, -0.2) is 94.1 Å². The van der Waals surface area contributed by atoms with Gasteiger partial charge in [-0.1, -0.05) is 157 Å². The molecule has 2 N–H and O–H groups in total. The van der Waals surface area contributed by atoms with Gasteiger partial charge in [0.25, 0.3) is 11.8 Å². The molecule has 6 aromatic rings. The molecule has 3 atom stereocenters. The fraction of sp³-hybridized carbons (Fsp3) is 0.304. The third-order valence-corrected chi connectivity index (χ3v) is 16.0. The van der Waals surface area contributed by atoms with Crippen molar-refractivity contribution < 1.29 is 33.2 Å². The Balaban J connectivity index is 0.956. The van der Waals surface area contributed by atoms with Gasteiger partial charge in [-0.25, -0.2) is 9.78 Å². The molecule has 0 saturated carbocycles. The summed E-state index contributed by atoms with van der Waals surface area (Å²) in [7, 11) is 0. The Morgan fingerprint density at radius 3 is 1.93 bits per heavy atom. The van der Waals surface area contributed by atoms with Crippen LogP contribution >= 0.6 is 23.1 Å². The number of nitrogens with zero attached hydrogens (tertiary/aromatic N) is 4. The molecule has 70 heavy (non-hydrogen) atoms. The standard InChI is InChI=1S/C56H56N6O6S2/c1-2-62(33-19-20-34-62)36-41-37-69-53-48(52(64)61(53)49(41)54(65)67-50(39-22-8-3-9-23-39)40-24-10-4-11-25-40)58-51(63)47(60-68-46-32-18-21-35-66-46)45-38-70-55(57-45)59-56(42-26-12-5-13-27-42,43-28-14-6-15-29-43)44-30-16-7-17-31-44/h3-17,22-31,38,46,48,50,53H,2,18-21,32-37H2,1H3,(H-,57,58,59,63)/p+1/t46?,48?,53-/m1/s1. The number of carbonyl (C=O) groups is 3. The van der Waals surface area contributed by atoms with E-state index in [0.717, 1.165) is 83.2 Å². The van der Waals surface area contributed by atoms with Gasteiger partial charge in [-0.2, -0.15) is 0 Å². The number of aromatic nitrogens is 1. The van der Waals surface area contributed by atoms with Crippen LogP contribution in [0, 0.1) is 0 Å². The Morgan fingerprint density at radius 1 is 0.814 bits per heavy atom. The van der Waals surface area contributed by atoms with Crippen molar-refractivity contribution in [1.29, 1.82) is 0 Å². The molecular weight excluding hydrogens is 917 g/mol. The molecule has 0 radical (unpaired) electrons. The van der Waals surface area contributed by atoms with Crippen LogP contribution in [0.2, 0.25) is 0 Å². The van der Waals surface area contributed by atoms with Crippen LogP contribution < -0.4 is 10.6 Å². The SMILES string of the molecule is CC[N+]1(CC2=C(C(=O)OC(c3ccccc3)c3ccccc3)N3C(=O)C(NC(=O)C(=NOC4CCCCO4)c4csc(NC(c5ccccc5)(c5ccccc5)c5ccccc5)n4)[C@H]3SC2)CCCC1. The maximum Gasteiger partial charge on any atom is 0.356 e. The maximum atomic E-state index is 14.9. The molecule has 358 valence electrons. The molecule has 0 aliphatic carbocycles. The average molecular weight is 974 g/mol. The summed E-state index contributed by atoms with van der Waals surface area (Å²) in [4.78, 5) is 56.8. The highest BCUT2D eigenvalue weighted by molar-refractivity contribution is 8.00. The van der Waals surface area contributed by atoms with Gasteiger partial charge in [0.05, 0.1) is 26.2 Å². The number of oxime groups is 1. The number of anilines is 1. The van der Waals surface area contributed by atoms with E-state index in [2.05, 4.69) is 59.1 Å². The molecule has 12 nitrogen and oxygen atoms in total. The number of rotatable bonds is 17. The first-order valence-corrected chi connectivity index (χ1v) is 26.2. The molecule has 3 saturated heterocycles. The number of carbonyl (C=O) groups excluding carboxylic acids is 3. The molecule has 5 heterocycles. The summed E-state index contributed by atoms with van der Waals surface area (Å²) in [5.74, 6) is -1.09. The highest BCUT2D eigenvalue weighted by Gasteiger charge is 2.56. The summed E-state index contributed by atoms with van der Waals surface area (Å²) in [5.41, 5.74) is 5.09. The molecule has 10 rings (SSSR count). The Hall–Kier alpha value is -6.58. The molecule has 0 bridgehead atoms. The molecule has 2 amide bonds. The number of quaternary nitrogens is 1. The van der Waals surface area contributed by atoms with E-state index in [1.807, 2.05) is 115 Å². The van der Waals surface area contributed by atoms with Gasteiger partial charge >= 0.3 is 5.97 Å². The van der Waals surface area contributed by atoms with Gasteiger partial charge in [0.15, 0.2) is 16.9 Å². The lowest BCUT2D eigenvalue weighted by Gasteiger charge is -2.50. The predicted octanol–water partition coefficient (Wildman–Crippen LogP) is 9.41. The highest BCUT2D eigenvalue weighted by Crippen LogP contribution is 2.44. The van der Waals surface area contributed by atoms with E-state index in [4.69, 9.17) is 19.3 Å². The van der Waals surface area contributed by atoms with Crippen LogP contribution in [0.1, 0.15) is 78.6 Å². The van der Waals surface area contributed by atoms with Crippen molar-refractivity contribution >= 4 is 51.7 Å². The second kappa shape index (κ2) is 21.2. The fourth-order valence-electron chi connectivity index (χ4n) is 10.2. The third-order valence-electron chi connectivity index (χ3n) is 13.9. The number of ether oxygens (including phenoxy) is 2. The van der Waals surface area contributed by atoms with Crippen LogP contribution in [-0.2, 0) is 34.2 Å². The van der Waals surface area contributed by atoms with Gasteiger partial charge < -0.3 is 29.4 Å². The van der Waals surface area contributed by atoms with Crippen molar-refractivity contribution in [3.05, 3.63) is 202 Å². The van der Waals surface area contributed by atoms with E-state index in [9.17, 15) is 14.4 Å². The quantitative estimate of drug-likeness (QED) is 0.0229. The Bertz CT molecular complexity index is 2680. The summed E-state index contributed by atoms with van der Waals surface area (Å²) in [5, 5.41) is 13.0. The molecule has 2 unspecified atom stereocenters. The number of hydrogen-bond donors (Lipinski definition) is 2. The second-order valence-corrected chi connectivity index (χ2v) is 20.2. The number of nitrogens with one attached hydrogen (secondary N) is 2. The lowest BCUT2D eigenvalue weighted by atomic mass is 9.77. The van der Waals surface area contributed by atoms with Crippen LogP contribution in [0.3, 0.4) is 0 Å². The Labute approximate surface area is 417 Å². The Kier molecular flexibility index (Phi) is 14.3. The first-order chi connectivity index (χ1) is 34.4. The zero-order chi connectivity index (χ0) is 47.9. The minimum Gasteiger partial charge on any atom is -0.448 e. The van der Waals surface area contributed by atoms with E-state index in [1.165, 1.54) is 11.3 Å². The predicted molar refractivity (Wildman–Crippen MR) is 274 cm³/mol. The summed E-state index contributed by atoms with van der Waals surface area (Å²) in [6.07, 6.45) is 3.31. The van der Waals surface area contributed by atoms with Gasteiger partial charge in [-0.05, 0) is 47.6 Å². The molecule has 0 spiro atoms. The van der Waals surface area contributed by atoms with Gasteiger partial charge in [0.1, 0.15) is 34.9 Å². The molecule has 4 aliphatic rings. The number of benzene rings is 5. The van der Waals surface area contributed by atoms with Crippen molar-refractivity contribution in [2.24, 2.45) is 5.16 Å². The number of esters is 1. The van der Waals surface area contributed by atoms with E-state index in [-0.39, 0.29) is 17.1 Å².